The molecule has 0 saturated heterocycles. The van der Waals surface area contributed by atoms with Crippen LogP contribution in [0, 0.1) is 3.57 Å². The molecule has 1 N–H and O–H groups in total. The van der Waals surface area contributed by atoms with Crippen LogP contribution < -0.4 is 5.32 Å². The Morgan fingerprint density at radius 3 is 2.83 bits per heavy atom. The summed E-state index contributed by atoms with van der Waals surface area (Å²) in [6.45, 7) is 0.432. The zero-order chi connectivity index (χ0) is 13.1. The molecule has 0 aromatic carbocycles. The molecule has 0 bridgehead atoms. The van der Waals surface area contributed by atoms with Crippen molar-refractivity contribution < 1.29 is 4.74 Å². The van der Waals surface area contributed by atoms with Gasteiger partial charge in [-0.15, -0.1) is 0 Å². The van der Waals surface area contributed by atoms with Crippen molar-refractivity contribution in [3.05, 3.63) is 19.8 Å². The highest BCUT2D eigenvalue weighted by atomic mass is 127. The first-order chi connectivity index (χ1) is 8.65. The number of rotatable bonds is 4. The summed E-state index contributed by atoms with van der Waals surface area (Å²) in [5, 5.41) is 3.74. The third-order valence-electron chi connectivity index (χ3n) is 2.11. The van der Waals surface area contributed by atoms with E-state index in [9.17, 15) is 0 Å². The summed E-state index contributed by atoms with van der Waals surface area (Å²) in [7, 11) is 3.46. The Labute approximate surface area is 127 Å². The molecule has 0 atom stereocenters. The highest BCUT2D eigenvalue weighted by Gasteiger charge is 2.14. The third-order valence-corrected chi connectivity index (χ3v) is 4.35. The molecule has 2 rings (SSSR count). The molecule has 5 nitrogen and oxygen atoms in total. The molecular formula is C10H10ClIN4OS. The van der Waals surface area contributed by atoms with Crippen LogP contribution in [-0.2, 0) is 11.3 Å². The Morgan fingerprint density at radius 2 is 2.28 bits per heavy atom. The molecule has 0 aliphatic heterocycles. The van der Waals surface area contributed by atoms with Gasteiger partial charge in [-0.3, -0.25) is 0 Å². The van der Waals surface area contributed by atoms with Gasteiger partial charge in [0, 0.05) is 14.2 Å². The van der Waals surface area contributed by atoms with Gasteiger partial charge in [-0.05, 0) is 22.6 Å². The SMILES string of the molecule is CNc1nc(-c2ncc(Cl)s2)nc(COC)c1I. The van der Waals surface area contributed by atoms with Gasteiger partial charge in [0.05, 0.1) is 22.1 Å². The summed E-state index contributed by atoms with van der Waals surface area (Å²) in [5.74, 6) is 1.32. The van der Waals surface area contributed by atoms with Gasteiger partial charge >= 0.3 is 0 Å². The molecule has 0 amide bonds. The number of methoxy groups -OCH3 is 1. The second kappa shape index (κ2) is 6.09. The molecule has 2 aromatic heterocycles. The molecule has 0 radical (unpaired) electrons. The van der Waals surface area contributed by atoms with Crippen molar-refractivity contribution in [1.29, 1.82) is 0 Å². The highest BCUT2D eigenvalue weighted by molar-refractivity contribution is 14.1. The predicted molar refractivity (Wildman–Crippen MR) is 81.1 cm³/mol. The number of ether oxygens (including phenoxy) is 1. The lowest BCUT2D eigenvalue weighted by molar-refractivity contribution is 0.181. The minimum atomic E-state index is 0.432. The standard InChI is InChI=1S/C10H10ClIN4OS/c1-13-8-7(12)5(4-17-2)15-9(16-8)10-14-3-6(11)18-10/h3H,4H2,1-2H3,(H,13,15,16). The van der Waals surface area contributed by atoms with Crippen LogP contribution in [0.4, 0.5) is 5.82 Å². The van der Waals surface area contributed by atoms with Gasteiger partial charge in [-0.1, -0.05) is 22.9 Å². The monoisotopic (exact) mass is 396 g/mol. The van der Waals surface area contributed by atoms with Gasteiger partial charge in [0.2, 0.25) is 0 Å². The van der Waals surface area contributed by atoms with Crippen LogP contribution in [0.5, 0.6) is 0 Å². The molecule has 0 spiro atoms. The van der Waals surface area contributed by atoms with Crippen LogP contribution in [0.3, 0.4) is 0 Å². The Morgan fingerprint density at radius 1 is 1.50 bits per heavy atom. The molecule has 2 heterocycles. The second-order valence-electron chi connectivity index (χ2n) is 3.31. The Balaban J connectivity index is 2.51. The lowest BCUT2D eigenvalue weighted by Gasteiger charge is -2.09. The largest absolute Gasteiger partial charge is 0.378 e. The number of aromatic nitrogens is 3. The highest BCUT2D eigenvalue weighted by Crippen LogP contribution is 2.28. The van der Waals surface area contributed by atoms with E-state index in [0.29, 0.717) is 21.8 Å². The number of thiazole rings is 1. The molecule has 96 valence electrons. The fraction of sp³-hybridized carbons (Fsp3) is 0.300. The quantitative estimate of drug-likeness (QED) is 0.805. The number of hydrogen-bond acceptors (Lipinski definition) is 6. The van der Waals surface area contributed by atoms with E-state index in [4.69, 9.17) is 16.3 Å². The van der Waals surface area contributed by atoms with E-state index in [-0.39, 0.29) is 0 Å². The molecule has 8 heteroatoms. The van der Waals surface area contributed by atoms with Crippen LogP contribution in [0.2, 0.25) is 4.34 Å². The minimum Gasteiger partial charge on any atom is -0.378 e. The van der Waals surface area contributed by atoms with E-state index in [2.05, 4.69) is 42.9 Å². The van der Waals surface area contributed by atoms with Gasteiger partial charge < -0.3 is 10.1 Å². The molecule has 2 aromatic rings. The average molecular weight is 397 g/mol. The predicted octanol–water partition coefficient (Wildman–Crippen LogP) is 3.05. The van der Waals surface area contributed by atoms with Crippen LogP contribution in [-0.4, -0.2) is 29.1 Å². The van der Waals surface area contributed by atoms with E-state index < -0.39 is 0 Å². The van der Waals surface area contributed by atoms with Crippen molar-refractivity contribution in [3.63, 3.8) is 0 Å². The fourth-order valence-electron chi connectivity index (χ4n) is 1.35. The molecule has 0 unspecified atom stereocenters. The van der Waals surface area contributed by atoms with E-state index >= 15 is 0 Å². The lowest BCUT2D eigenvalue weighted by atomic mass is 10.4. The normalized spacial score (nSPS) is 10.7. The summed E-state index contributed by atoms with van der Waals surface area (Å²) < 4.78 is 6.70. The summed E-state index contributed by atoms with van der Waals surface area (Å²) in [6.07, 6.45) is 1.60. The number of nitrogens with one attached hydrogen (secondary N) is 1. The fourth-order valence-corrected chi connectivity index (χ4v) is 2.86. The first-order valence-electron chi connectivity index (χ1n) is 5.00. The van der Waals surface area contributed by atoms with E-state index in [0.717, 1.165) is 15.1 Å². The average Bonchev–Trinajstić information content (AvgIpc) is 2.79. The molecule has 0 fully saturated rings. The van der Waals surface area contributed by atoms with Crippen molar-refractivity contribution in [1.82, 2.24) is 15.0 Å². The van der Waals surface area contributed by atoms with E-state index in [1.54, 1.807) is 13.3 Å². The van der Waals surface area contributed by atoms with Gasteiger partial charge in [0.25, 0.3) is 0 Å². The summed E-state index contributed by atoms with van der Waals surface area (Å²) in [6, 6.07) is 0. The summed E-state index contributed by atoms with van der Waals surface area (Å²) in [5.41, 5.74) is 0.832. The van der Waals surface area contributed by atoms with Crippen LogP contribution >= 0.6 is 45.5 Å². The maximum Gasteiger partial charge on any atom is 0.191 e. The Hall–Kier alpha value is -0.510. The zero-order valence-electron chi connectivity index (χ0n) is 9.70. The van der Waals surface area contributed by atoms with Crippen molar-refractivity contribution in [2.45, 2.75) is 6.61 Å². The molecule has 0 aliphatic carbocycles. The summed E-state index contributed by atoms with van der Waals surface area (Å²) >= 11 is 9.42. The molecule has 0 saturated carbocycles. The van der Waals surface area contributed by atoms with Crippen molar-refractivity contribution >= 4 is 51.3 Å². The third kappa shape index (κ3) is 2.90. The van der Waals surface area contributed by atoms with Crippen LogP contribution in [0.15, 0.2) is 6.20 Å². The van der Waals surface area contributed by atoms with Gasteiger partial charge in [-0.25, -0.2) is 15.0 Å². The van der Waals surface area contributed by atoms with Gasteiger partial charge in [0.1, 0.15) is 10.2 Å². The zero-order valence-corrected chi connectivity index (χ0v) is 13.4. The Kier molecular flexibility index (Phi) is 4.71. The first-order valence-corrected chi connectivity index (χ1v) is 7.27. The van der Waals surface area contributed by atoms with Crippen LogP contribution in [0.25, 0.3) is 10.8 Å². The van der Waals surface area contributed by atoms with Crippen molar-refractivity contribution in [3.8, 4) is 10.8 Å². The van der Waals surface area contributed by atoms with Crippen molar-refractivity contribution in [2.75, 3.05) is 19.5 Å². The maximum absolute atomic E-state index is 5.87. The van der Waals surface area contributed by atoms with Crippen molar-refractivity contribution in [2.24, 2.45) is 0 Å². The number of halogens is 2. The number of anilines is 1. The number of nitrogens with zero attached hydrogens (tertiary/aromatic N) is 3. The maximum atomic E-state index is 5.87. The van der Waals surface area contributed by atoms with Gasteiger partial charge in [0.15, 0.2) is 10.8 Å². The molecule has 0 aliphatic rings. The van der Waals surface area contributed by atoms with E-state index in [1.165, 1.54) is 11.3 Å². The van der Waals surface area contributed by atoms with E-state index in [1.807, 2.05) is 7.05 Å². The molecular weight excluding hydrogens is 387 g/mol. The molecule has 18 heavy (non-hydrogen) atoms. The smallest absolute Gasteiger partial charge is 0.191 e. The number of hydrogen-bond donors (Lipinski definition) is 1. The van der Waals surface area contributed by atoms with Gasteiger partial charge in [-0.2, -0.15) is 0 Å². The first kappa shape index (κ1) is 13.9. The second-order valence-corrected chi connectivity index (χ2v) is 6.05. The lowest BCUT2D eigenvalue weighted by Crippen LogP contribution is -2.06. The summed E-state index contributed by atoms with van der Waals surface area (Å²) in [4.78, 5) is 13.1. The van der Waals surface area contributed by atoms with Crippen LogP contribution in [0.1, 0.15) is 5.69 Å². The Bertz CT molecular complexity index is 563. The minimum absolute atomic E-state index is 0.432. The topological polar surface area (TPSA) is 59.9 Å².